The van der Waals surface area contributed by atoms with Gasteiger partial charge in [0.2, 0.25) is 12.1 Å². The van der Waals surface area contributed by atoms with Crippen LogP contribution in [0, 0.1) is 11.2 Å². The molecule has 4 heterocycles. The van der Waals surface area contributed by atoms with Gasteiger partial charge in [-0.15, -0.1) is 0 Å². The molecule has 0 radical (unpaired) electrons. The molecule has 1 unspecified atom stereocenters. The highest BCUT2D eigenvalue weighted by atomic mass is 19.1. The van der Waals surface area contributed by atoms with Crippen LogP contribution < -0.4 is 20.7 Å². The van der Waals surface area contributed by atoms with Crippen LogP contribution in [0.25, 0.3) is 0 Å². The standard InChI is InChI=1S/C36H43FN4O6/c1-36(2,3)23-47-35-34(45)39-27-13-7-24(8-14-27)10-18-31(42)41(4)19-5-6-20-46-28-15-11-26(12-16-28)32(43)38-22-25-9-17-30(37)29(21-25)33(44)40-35/h7-9,11-17,21,35H,5-6,10,18-20,22-23H2,1-4H3,(H,38,43)(H,39,45)(H,40,44). The number of carbonyl (C=O) groups excluding carboxylic acids is 4. The van der Waals surface area contributed by atoms with Crippen molar-refractivity contribution in [3.8, 4) is 5.75 Å². The van der Waals surface area contributed by atoms with Crippen molar-refractivity contribution in [2.45, 2.75) is 59.2 Å². The van der Waals surface area contributed by atoms with Crippen molar-refractivity contribution in [2.24, 2.45) is 5.41 Å². The SMILES string of the molecule is CN1CCCCOc2ccc(cc2)C(=O)NCc2ccc(F)c(c2)C(=O)NC(OCC(C)(C)C)C(=O)Nc2ccc(cc2)CCC1=O. The van der Waals surface area contributed by atoms with Crippen LogP contribution in [0.15, 0.2) is 66.7 Å². The van der Waals surface area contributed by atoms with E-state index in [1.54, 1.807) is 48.3 Å². The molecule has 0 aromatic heterocycles. The minimum Gasteiger partial charge on any atom is -0.494 e. The van der Waals surface area contributed by atoms with Gasteiger partial charge in [0.1, 0.15) is 11.6 Å². The summed E-state index contributed by atoms with van der Waals surface area (Å²) < 4.78 is 26.5. The molecule has 0 aliphatic carbocycles. The lowest BCUT2D eigenvalue weighted by molar-refractivity contribution is -0.131. The van der Waals surface area contributed by atoms with E-state index in [9.17, 15) is 23.6 Å². The molecule has 11 heteroatoms. The highest BCUT2D eigenvalue weighted by Crippen LogP contribution is 2.18. The highest BCUT2D eigenvalue weighted by Gasteiger charge is 2.26. The predicted octanol–water partition coefficient (Wildman–Crippen LogP) is 5.08. The van der Waals surface area contributed by atoms with Crippen LogP contribution in [-0.4, -0.2) is 61.6 Å². The van der Waals surface area contributed by atoms with Gasteiger partial charge in [0.25, 0.3) is 17.7 Å². The smallest absolute Gasteiger partial charge is 0.274 e. The predicted molar refractivity (Wildman–Crippen MR) is 176 cm³/mol. The molecule has 4 aliphatic heterocycles. The number of nitrogens with zero attached hydrogens (tertiary/aromatic N) is 1. The number of aryl methyl sites for hydroxylation is 1. The van der Waals surface area contributed by atoms with Crippen LogP contribution in [0.1, 0.15) is 71.9 Å². The topological polar surface area (TPSA) is 126 Å². The molecule has 47 heavy (non-hydrogen) atoms. The van der Waals surface area contributed by atoms with Gasteiger partial charge in [0.15, 0.2) is 0 Å². The Hall–Kier alpha value is -4.77. The second kappa shape index (κ2) is 16.2. The third-order valence-corrected chi connectivity index (χ3v) is 7.46. The zero-order valence-corrected chi connectivity index (χ0v) is 27.4. The first-order chi connectivity index (χ1) is 22.4. The molecule has 0 spiro atoms. The Kier molecular flexibility index (Phi) is 12.1. The summed E-state index contributed by atoms with van der Waals surface area (Å²) in [7, 11) is 1.78. The van der Waals surface area contributed by atoms with Gasteiger partial charge in [-0.2, -0.15) is 0 Å². The molecule has 0 saturated heterocycles. The second-order valence-electron chi connectivity index (χ2n) is 12.8. The fourth-order valence-electron chi connectivity index (χ4n) is 4.73. The Bertz CT molecular complexity index is 1550. The van der Waals surface area contributed by atoms with E-state index in [1.807, 2.05) is 32.9 Å². The fourth-order valence-corrected chi connectivity index (χ4v) is 4.73. The second-order valence-corrected chi connectivity index (χ2v) is 12.8. The van der Waals surface area contributed by atoms with Crippen LogP contribution in [0.2, 0.25) is 0 Å². The zero-order chi connectivity index (χ0) is 34.0. The average molecular weight is 647 g/mol. The molecule has 0 fully saturated rings. The molecule has 3 N–H and O–H groups in total. The maximum atomic E-state index is 14.9. The van der Waals surface area contributed by atoms with Crippen LogP contribution in [-0.2, 0) is 27.3 Å². The fraction of sp³-hybridized carbons (Fsp3) is 0.389. The lowest BCUT2D eigenvalue weighted by Crippen LogP contribution is -2.47. The van der Waals surface area contributed by atoms with Crippen molar-refractivity contribution in [2.75, 3.05) is 32.1 Å². The quantitative estimate of drug-likeness (QED) is 0.357. The van der Waals surface area contributed by atoms with Crippen LogP contribution in [0.4, 0.5) is 10.1 Å². The molecule has 4 aliphatic rings. The monoisotopic (exact) mass is 646 g/mol. The van der Waals surface area contributed by atoms with E-state index in [0.29, 0.717) is 48.6 Å². The first-order valence-electron chi connectivity index (χ1n) is 15.7. The van der Waals surface area contributed by atoms with Gasteiger partial charge >= 0.3 is 0 Å². The summed E-state index contributed by atoms with van der Waals surface area (Å²) in [6.45, 7) is 7.00. The Balaban J connectivity index is 1.55. The number of carbonyl (C=O) groups is 4. The molecule has 3 aromatic rings. The number of ether oxygens (including phenoxy) is 2. The summed E-state index contributed by atoms with van der Waals surface area (Å²) in [5, 5.41) is 8.03. The van der Waals surface area contributed by atoms with Crippen LogP contribution >= 0.6 is 0 Å². The number of rotatable bonds is 2. The van der Waals surface area contributed by atoms with E-state index in [-0.39, 0.29) is 35.9 Å². The maximum Gasteiger partial charge on any atom is 0.274 e. The molecule has 10 nitrogen and oxygen atoms in total. The summed E-state index contributed by atoms with van der Waals surface area (Å²) >= 11 is 0. The normalized spacial score (nSPS) is 17.6. The first-order valence-corrected chi connectivity index (χ1v) is 15.7. The van der Waals surface area contributed by atoms with E-state index in [1.165, 1.54) is 12.1 Å². The molecule has 7 rings (SSSR count). The van der Waals surface area contributed by atoms with E-state index in [4.69, 9.17) is 9.47 Å². The molecular weight excluding hydrogens is 603 g/mol. The summed E-state index contributed by atoms with van der Waals surface area (Å²) in [4.78, 5) is 53.7. The minimum atomic E-state index is -1.42. The molecule has 250 valence electrons. The molecule has 4 amide bonds. The zero-order valence-electron chi connectivity index (χ0n) is 27.4. The highest BCUT2D eigenvalue weighted by molar-refractivity contribution is 6.00. The van der Waals surface area contributed by atoms with Crippen molar-refractivity contribution in [3.05, 3.63) is 94.8 Å². The Labute approximate surface area is 275 Å². The summed E-state index contributed by atoms with van der Waals surface area (Å²) in [6, 6.07) is 17.7. The number of hydrogen-bond donors (Lipinski definition) is 3. The molecule has 6 bridgehead atoms. The number of halogens is 1. The van der Waals surface area contributed by atoms with Crippen LogP contribution in [0.3, 0.4) is 0 Å². The van der Waals surface area contributed by atoms with Gasteiger partial charge in [-0.25, -0.2) is 4.39 Å². The molecule has 1 atom stereocenters. The van der Waals surface area contributed by atoms with Gasteiger partial charge in [-0.3, -0.25) is 19.2 Å². The van der Waals surface area contributed by atoms with E-state index in [2.05, 4.69) is 16.0 Å². The minimum absolute atomic E-state index is 0.0295. The third kappa shape index (κ3) is 10.9. The van der Waals surface area contributed by atoms with Gasteiger partial charge in [-0.05, 0) is 84.3 Å². The first kappa shape index (κ1) is 35.1. The average Bonchev–Trinajstić information content (AvgIpc) is 3.04. The number of anilines is 1. The van der Waals surface area contributed by atoms with E-state index in [0.717, 1.165) is 24.5 Å². The number of hydrogen-bond acceptors (Lipinski definition) is 6. The van der Waals surface area contributed by atoms with E-state index < -0.39 is 23.9 Å². The summed E-state index contributed by atoms with van der Waals surface area (Å²) in [5.74, 6) is -1.98. The Morgan fingerprint density at radius 2 is 1.60 bits per heavy atom. The van der Waals surface area contributed by atoms with Crippen molar-refractivity contribution < 1.29 is 33.0 Å². The van der Waals surface area contributed by atoms with Gasteiger partial charge in [0, 0.05) is 37.8 Å². The number of amides is 4. The molecule has 0 saturated carbocycles. The number of benzene rings is 3. The molecular formula is C36H43FN4O6. The van der Waals surface area contributed by atoms with Gasteiger partial charge in [-0.1, -0.05) is 39.0 Å². The number of nitrogens with one attached hydrogen (secondary N) is 3. The van der Waals surface area contributed by atoms with Crippen molar-refractivity contribution in [1.82, 2.24) is 15.5 Å². The van der Waals surface area contributed by atoms with Crippen molar-refractivity contribution in [3.63, 3.8) is 0 Å². The van der Waals surface area contributed by atoms with E-state index >= 15 is 0 Å². The van der Waals surface area contributed by atoms with Crippen molar-refractivity contribution in [1.29, 1.82) is 0 Å². The molecule has 3 aromatic carbocycles. The lowest BCUT2D eigenvalue weighted by atomic mass is 9.99. The lowest BCUT2D eigenvalue weighted by Gasteiger charge is -2.24. The van der Waals surface area contributed by atoms with Crippen LogP contribution in [0.5, 0.6) is 5.75 Å². The Morgan fingerprint density at radius 3 is 2.30 bits per heavy atom. The summed E-state index contributed by atoms with van der Waals surface area (Å²) in [5.41, 5.74) is 1.66. The van der Waals surface area contributed by atoms with Gasteiger partial charge < -0.3 is 30.3 Å². The Morgan fingerprint density at radius 1 is 0.894 bits per heavy atom. The third-order valence-electron chi connectivity index (χ3n) is 7.46. The van der Waals surface area contributed by atoms with Gasteiger partial charge in [0.05, 0.1) is 18.8 Å². The maximum absolute atomic E-state index is 14.9. The largest absolute Gasteiger partial charge is 0.494 e. The summed E-state index contributed by atoms with van der Waals surface area (Å²) in [6.07, 6.45) is 0.990. The van der Waals surface area contributed by atoms with Crippen molar-refractivity contribution >= 4 is 29.3 Å².